The number of fused-ring (bicyclic) bond motifs is 16. The molecule has 0 unspecified atom stereocenters. The third-order valence-electron chi connectivity index (χ3n) is 11.4. The lowest BCUT2D eigenvalue weighted by Gasteiger charge is -2.11. The molecule has 244 valence electrons. The van der Waals surface area contributed by atoms with Crippen molar-refractivity contribution < 1.29 is 4.42 Å². The Hall–Kier alpha value is -7.24. The summed E-state index contributed by atoms with van der Waals surface area (Å²) in [6.45, 7) is 0. The first-order valence-electron chi connectivity index (χ1n) is 18.0. The lowest BCUT2D eigenvalue weighted by molar-refractivity contribution is 0.666. The molecule has 13 aromatic rings. The van der Waals surface area contributed by atoms with Crippen LogP contribution in [0.4, 0.5) is 0 Å². The molecule has 0 N–H and O–H groups in total. The molecule has 0 saturated heterocycles. The van der Waals surface area contributed by atoms with E-state index in [2.05, 4.69) is 155 Å². The zero-order valence-electron chi connectivity index (χ0n) is 28.2. The lowest BCUT2D eigenvalue weighted by atomic mass is 10.0. The number of aromatic nitrogens is 4. The van der Waals surface area contributed by atoms with Gasteiger partial charge in [-0.1, -0.05) is 115 Å². The summed E-state index contributed by atoms with van der Waals surface area (Å²) in [6, 6.07) is 56.3. The van der Waals surface area contributed by atoms with E-state index in [4.69, 9.17) is 14.4 Å². The average Bonchev–Trinajstić information content (AvgIpc) is 3.95. The fraction of sp³-hybridized carbons (Fsp3) is 0. The van der Waals surface area contributed by atoms with Crippen LogP contribution in [0.2, 0.25) is 0 Å². The molecular weight excluding hydrogens is 649 g/mol. The first kappa shape index (κ1) is 27.5. The molecule has 0 amide bonds. The summed E-state index contributed by atoms with van der Waals surface area (Å²) >= 11 is 0. The molecule has 0 aliphatic carbocycles. The third kappa shape index (κ3) is 3.46. The van der Waals surface area contributed by atoms with Crippen LogP contribution in [-0.2, 0) is 0 Å². The topological polar surface area (TPSA) is 48.3 Å². The van der Waals surface area contributed by atoms with Gasteiger partial charge in [-0.2, -0.15) is 0 Å². The van der Waals surface area contributed by atoms with Crippen LogP contribution in [-0.4, -0.2) is 18.9 Å². The average molecular weight is 675 g/mol. The molecule has 0 aliphatic heterocycles. The molecule has 53 heavy (non-hydrogen) atoms. The van der Waals surface area contributed by atoms with Crippen LogP contribution in [0, 0.1) is 0 Å². The number of para-hydroxylation sites is 3. The fourth-order valence-electron chi connectivity index (χ4n) is 9.19. The van der Waals surface area contributed by atoms with Crippen molar-refractivity contribution in [3.63, 3.8) is 0 Å². The maximum absolute atomic E-state index is 6.61. The van der Waals surface area contributed by atoms with Crippen molar-refractivity contribution >= 4 is 104 Å². The number of furan rings is 1. The minimum Gasteiger partial charge on any atom is -0.452 e. The second-order valence-corrected chi connectivity index (χ2v) is 14.1. The van der Waals surface area contributed by atoms with Crippen LogP contribution in [0.5, 0.6) is 0 Å². The van der Waals surface area contributed by atoms with E-state index in [0.717, 1.165) is 44.2 Å². The zero-order valence-corrected chi connectivity index (χ0v) is 28.2. The maximum atomic E-state index is 6.61. The van der Waals surface area contributed by atoms with Gasteiger partial charge in [0, 0.05) is 43.3 Å². The van der Waals surface area contributed by atoms with Gasteiger partial charge in [-0.15, -0.1) is 0 Å². The van der Waals surface area contributed by atoms with Crippen molar-refractivity contribution in [2.24, 2.45) is 0 Å². The molecule has 0 aliphatic rings. The zero-order chi connectivity index (χ0) is 34.4. The van der Waals surface area contributed by atoms with E-state index in [1.807, 2.05) is 12.1 Å². The highest BCUT2D eigenvalue weighted by atomic mass is 16.3. The predicted molar refractivity (Wildman–Crippen MR) is 219 cm³/mol. The normalized spacial score (nSPS) is 12.5. The maximum Gasteiger partial charge on any atom is 0.236 e. The molecule has 5 heteroatoms. The van der Waals surface area contributed by atoms with E-state index in [0.29, 0.717) is 11.5 Å². The van der Waals surface area contributed by atoms with Crippen molar-refractivity contribution in [2.75, 3.05) is 0 Å². The van der Waals surface area contributed by atoms with Gasteiger partial charge in [-0.3, -0.25) is 4.57 Å². The Morgan fingerprint density at radius 2 is 1.11 bits per heavy atom. The van der Waals surface area contributed by atoms with Gasteiger partial charge in [0.2, 0.25) is 5.95 Å². The highest BCUT2D eigenvalue weighted by molar-refractivity contribution is 6.36. The number of hydrogen-bond acceptors (Lipinski definition) is 3. The van der Waals surface area contributed by atoms with Crippen molar-refractivity contribution in [1.29, 1.82) is 0 Å². The molecule has 8 aromatic carbocycles. The largest absolute Gasteiger partial charge is 0.452 e. The summed E-state index contributed by atoms with van der Waals surface area (Å²) < 4.78 is 11.4. The van der Waals surface area contributed by atoms with Gasteiger partial charge in [-0.25, -0.2) is 9.97 Å². The minimum absolute atomic E-state index is 0.616. The van der Waals surface area contributed by atoms with E-state index >= 15 is 0 Å². The highest BCUT2D eigenvalue weighted by Crippen LogP contribution is 2.48. The van der Waals surface area contributed by atoms with E-state index in [1.54, 1.807) is 0 Å². The molecule has 0 bridgehead atoms. The van der Waals surface area contributed by atoms with Gasteiger partial charge in [0.25, 0.3) is 0 Å². The number of rotatable bonds is 2. The van der Waals surface area contributed by atoms with Crippen LogP contribution < -0.4 is 0 Å². The van der Waals surface area contributed by atoms with Gasteiger partial charge in [0.1, 0.15) is 16.8 Å². The van der Waals surface area contributed by atoms with Gasteiger partial charge >= 0.3 is 0 Å². The summed E-state index contributed by atoms with van der Waals surface area (Å²) in [7, 11) is 0. The first-order chi connectivity index (χ1) is 26.3. The van der Waals surface area contributed by atoms with E-state index in [9.17, 15) is 0 Å². The molecule has 5 aromatic heterocycles. The van der Waals surface area contributed by atoms with Gasteiger partial charge < -0.3 is 8.82 Å². The molecular formula is C48H26N4O. The summed E-state index contributed by atoms with van der Waals surface area (Å²) in [5.74, 6) is 0.616. The highest BCUT2D eigenvalue weighted by Gasteiger charge is 2.27. The lowest BCUT2D eigenvalue weighted by Crippen LogP contribution is -2.03. The first-order valence-corrected chi connectivity index (χ1v) is 18.0. The molecule has 0 fully saturated rings. The van der Waals surface area contributed by atoms with E-state index in [-0.39, 0.29) is 0 Å². The second-order valence-electron chi connectivity index (χ2n) is 14.1. The SMILES string of the molecule is c1ccc2cc(-c3nc(-n4c5ccc6ccccc6c5c5cc6c7ccccc7n7c8ccccc8c(c54)c67)nc4c3oc3ccccc34)ccc2c1. The Bertz CT molecular complexity index is 3700. The monoisotopic (exact) mass is 674 g/mol. The Morgan fingerprint density at radius 1 is 0.434 bits per heavy atom. The Labute approximate surface area is 300 Å². The minimum atomic E-state index is 0.616. The fourth-order valence-corrected chi connectivity index (χ4v) is 9.19. The Kier molecular flexibility index (Phi) is 5.06. The molecule has 0 atom stereocenters. The van der Waals surface area contributed by atoms with E-state index < -0.39 is 0 Å². The van der Waals surface area contributed by atoms with Gasteiger partial charge in [0.15, 0.2) is 5.58 Å². The van der Waals surface area contributed by atoms with Crippen molar-refractivity contribution in [2.45, 2.75) is 0 Å². The molecule has 0 saturated carbocycles. The predicted octanol–water partition coefficient (Wildman–Crippen LogP) is 12.6. The molecule has 13 rings (SSSR count). The summed E-state index contributed by atoms with van der Waals surface area (Å²) in [5.41, 5.74) is 9.84. The smallest absolute Gasteiger partial charge is 0.236 e. The summed E-state index contributed by atoms with van der Waals surface area (Å²) in [5, 5.41) is 13.0. The van der Waals surface area contributed by atoms with Crippen molar-refractivity contribution in [3.8, 4) is 17.2 Å². The van der Waals surface area contributed by atoms with Crippen molar-refractivity contribution in [1.82, 2.24) is 18.9 Å². The van der Waals surface area contributed by atoms with Crippen LogP contribution >= 0.6 is 0 Å². The van der Waals surface area contributed by atoms with Gasteiger partial charge in [0.05, 0.1) is 27.6 Å². The standard InChI is InChI=1S/C48H26N4O/c1-2-13-29-25-30(22-21-27(29)11-1)43-47-44(34-17-7-10-20-40(34)53-47)50-48(49-43)52-39-24-23-28-12-3-4-14-31(28)41(39)36-26-35-32-15-5-8-18-37(32)51-38-19-9-6-16-33(38)42(45(35)51)46(36)52/h1-26H. The van der Waals surface area contributed by atoms with Gasteiger partial charge in [-0.05, 0) is 64.0 Å². The number of hydrogen-bond donors (Lipinski definition) is 0. The van der Waals surface area contributed by atoms with Crippen LogP contribution in [0.1, 0.15) is 0 Å². The number of nitrogens with zero attached hydrogens (tertiary/aromatic N) is 4. The van der Waals surface area contributed by atoms with Crippen LogP contribution in [0.15, 0.2) is 162 Å². The van der Waals surface area contributed by atoms with Crippen LogP contribution in [0.25, 0.3) is 121 Å². The molecule has 5 nitrogen and oxygen atoms in total. The van der Waals surface area contributed by atoms with E-state index in [1.165, 1.54) is 65.0 Å². The summed E-state index contributed by atoms with van der Waals surface area (Å²) in [4.78, 5) is 11.0. The van der Waals surface area contributed by atoms with Crippen LogP contribution in [0.3, 0.4) is 0 Å². The summed E-state index contributed by atoms with van der Waals surface area (Å²) in [6.07, 6.45) is 0. The Balaban J connectivity index is 1.28. The Morgan fingerprint density at radius 3 is 1.98 bits per heavy atom. The molecule has 0 spiro atoms. The number of benzene rings is 8. The second kappa shape index (κ2) is 9.75. The third-order valence-corrected chi connectivity index (χ3v) is 11.4. The molecule has 5 heterocycles. The molecule has 0 radical (unpaired) electrons. The van der Waals surface area contributed by atoms with Crippen molar-refractivity contribution in [3.05, 3.63) is 158 Å². The quantitative estimate of drug-likeness (QED) is 0.183.